The van der Waals surface area contributed by atoms with Gasteiger partial charge in [-0.15, -0.1) is 11.3 Å². The molecule has 0 amide bonds. The molecule has 0 spiro atoms. The van der Waals surface area contributed by atoms with Gasteiger partial charge in [-0.3, -0.25) is 0 Å². The standard InChI is InChI=1S/C16H19NO3S2/c1-20-14-6-8-16(9-7-14)22(18,19)17(13-4-5-13)11-10-15-3-2-12-21-15/h2-3,6-9,12-13H,4-5,10-11H2,1H3. The smallest absolute Gasteiger partial charge is 0.243 e. The Balaban J connectivity index is 1.79. The Morgan fingerprint density at radius 1 is 1.23 bits per heavy atom. The second kappa shape index (κ2) is 6.40. The van der Waals surface area contributed by atoms with Crippen molar-refractivity contribution in [3.63, 3.8) is 0 Å². The number of rotatable bonds is 7. The van der Waals surface area contributed by atoms with Crippen molar-refractivity contribution in [3.8, 4) is 5.75 Å². The van der Waals surface area contributed by atoms with Crippen LogP contribution in [0.15, 0.2) is 46.7 Å². The number of thiophene rings is 1. The van der Waals surface area contributed by atoms with Gasteiger partial charge >= 0.3 is 0 Å². The Hall–Kier alpha value is -1.37. The van der Waals surface area contributed by atoms with E-state index in [1.165, 1.54) is 4.88 Å². The van der Waals surface area contributed by atoms with Gasteiger partial charge in [0.25, 0.3) is 0 Å². The normalized spacial score (nSPS) is 15.2. The molecule has 118 valence electrons. The molecule has 1 aliphatic carbocycles. The van der Waals surface area contributed by atoms with Crippen molar-refractivity contribution in [2.24, 2.45) is 0 Å². The molecule has 22 heavy (non-hydrogen) atoms. The summed E-state index contributed by atoms with van der Waals surface area (Å²) in [4.78, 5) is 1.56. The molecule has 0 saturated heterocycles. The molecule has 3 rings (SSSR count). The summed E-state index contributed by atoms with van der Waals surface area (Å²) in [5, 5.41) is 2.02. The lowest BCUT2D eigenvalue weighted by atomic mass is 10.3. The maximum atomic E-state index is 12.9. The van der Waals surface area contributed by atoms with Crippen molar-refractivity contribution >= 4 is 21.4 Å². The molecule has 4 nitrogen and oxygen atoms in total. The molecule has 1 aromatic heterocycles. The van der Waals surface area contributed by atoms with E-state index in [4.69, 9.17) is 4.74 Å². The van der Waals surface area contributed by atoms with E-state index < -0.39 is 10.0 Å². The summed E-state index contributed by atoms with van der Waals surface area (Å²) in [5.41, 5.74) is 0. The summed E-state index contributed by atoms with van der Waals surface area (Å²) in [6.45, 7) is 0.541. The quantitative estimate of drug-likeness (QED) is 0.780. The summed E-state index contributed by atoms with van der Waals surface area (Å²) in [5.74, 6) is 0.663. The highest BCUT2D eigenvalue weighted by Crippen LogP contribution is 2.32. The lowest BCUT2D eigenvalue weighted by molar-refractivity contribution is 0.406. The van der Waals surface area contributed by atoms with Crippen LogP contribution in [0.2, 0.25) is 0 Å². The molecule has 0 atom stereocenters. The predicted molar refractivity (Wildman–Crippen MR) is 87.9 cm³/mol. The first-order chi connectivity index (χ1) is 10.6. The van der Waals surface area contributed by atoms with E-state index in [2.05, 4.69) is 6.07 Å². The van der Waals surface area contributed by atoms with Gasteiger partial charge in [-0.05, 0) is 55.0 Å². The predicted octanol–water partition coefficient (Wildman–Crippen LogP) is 3.15. The van der Waals surface area contributed by atoms with Crippen LogP contribution in [0.4, 0.5) is 0 Å². The van der Waals surface area contributed by atoms with E-state index in [9.17, 15) is 8.42 Å². The van der Waals surface area contributed by atoms with Gasteiger partial charge in [-0.1, -0.05) is 6.07 Å². The third-order valence-corrected chi connectivity index (χ3v) is 6.68. The van der Waals surface area contributed by atoms with Crippen molar-refractivity contribution in [1.82, 2.24) is 4.31 Å². The monoisotopic (exact) mass is 337 g/mol. The number of sulfonamides is 1. The highest BCUT2D eigenvalue weighted by molar-refractivity contribution is 7.89. The van der Waals surface area contributed by atoms with Gasteiger partial charge in [-0.25, -0.2) is 8.42 Å². The van der Waals surface area contributed by atoms with Crippen molar-refractivity contribution in [1.29, 1.82) is 0 Å². The van der Waals surface area contributed by atoms with Gasteiger partial charge in [0.15, 0.2) is 0 Å². The van der Waals surface area contributed by atoms with Crippen molar-refractivity contribution in [2.75, 3.05) is 13.7 Å². The van der Waals surface area contributed by atoms with Gasteiger partial charge in [0.2, 0.25) is 10.0 Å². The van der Waals surface area contributed by atoms with Crippen LogP contribution in [-0.2, 0) is 16.4 Å². The summed E-state index contributed by atoms with van der Waals surface area (Å²) in [6.07, 6.45) is 2.68. The zero-order valence-corrected chi connectivity index (χ0v) is 14.1. The van der Waals surface area contributed by atoms with Crippen LogP contribution in [0, 0.1) is 0 Å². The molecule has 0 N–H and O–H groups in total. The zero-order valence-electron chi connectivity index (χ0n) is 12.4. The van der Waals surface area contributed by atoms with Gasteiger partial charge in [0, 0.05) is 17.5 Å². The van der Waals surface area contributed by atoms with Crippen LogP contribution in [0.5, 0.6) is 5.75 Å². The molecule has 1 heterocycles. The first kappa shape index (κ1) is 15.5. The first-order valence-corrected chi connectivity index (χ1v) is 9.61. The minimum atomic E-state index is -3.43. The highest BCUT2D eigenvalue weighted by Gasteiger charge is 2.37. The van der Waals surface area contributed by atoms with E-state index >= 15 is 0 Å². The molecular weight excluding hydrogens is 318 g/mol. The first-order valence-electron chi connectivity index (χ1n) is 7.29. The molecule has 0 unspecified atom stereocenters. The molecule has 1 aromatic carbocycles. The lowest BCUT2D eigenvalue weighted by Crippen LogP contribution is -2.34. The van der Waals surface area contributed by atoms with Crippen LogP contribution < -0.4 is 4.74 Å². The van der Waals surface area contributed by atoms with E-state index in [1.807, 2.05) is 11.4 Å². The van der Waals surface area contributed by atoms with E-state index in [-0.39, 0.29) is 6.04 Å². The minimum absolute atomic E-state index is 0.159. The van der Waals surface area contributed by atoms with Crippen molar-refractivity contribution < 1.29 is 13.2 Å². The topological polar surface area (TPSA) is 46.6 Å². The van der Waals surface area contributed by atoms with Crippen LogP contribution in [0.25, 0.3) is 0 Å². The van der Waals surface area contributed by atoms with Crippen molar-refractivity contribution in [3.05, 3.63) is 46.7 Å². The van der Waals surface area contributed by atoms with Gasteiger partial charge in [-0.2, -0.15) is 4.31 Å². The molecule has 0 bridgehead atoms. The van der Waals surface area contributed by atoms with Gasteiger partial charge in [0.1, 0.15) is 5.75 Å². The van der Waals surface area contributed by atoms with Crippen LogP contribution in [0.3, 0.4) is 0 Å². The maximum Gasteiger partial charge on any atom is 0.243 e. The average Bonchev–Trinajstić information content (AvgIpc) is 3.22. The molecule has 0 radical (unpaired) electrons. The molecule has 0 aliphatic heterocycles. The molecular formula is C16H19NO3S2. The fourth-order valence-corrected chi connectivity index (χ4v) is 4.80. The third kappa shape index (κ3) is 3.34. The summed E-state index contributed by atoms with van der Waals surface area (Å²) >= 11 is 1.67. The average molecular weight is 337 g/mol. The number of nitrogens with zero attached hydrogens (tertiary/aromatic N) is 1. The second-order valence-corrected chi connectivity index (χ2v) is 8.27. The zero-order chi connectivity index (χ0) is 15.6. The second-order valence-electron chi connectivity index (χ2n) is 5.35. The molecule has 6 heteroatoms. The fourth-order valence-electron chi connectivity index (χ4n) is 2.42. The number of benzene rings is 1. The van der Waals surface area contributed by atoms with Crippen molar-refractivity contribution in [2.45, 2.75) is 30.2 Å². The fraction of sp³-hybridized carbons (Fsp3) is 0.375. The van der Waals surface area contributed by atoms with E-state index in [0.29, 0.717) is 17.2 Å². The third-order valence-electron chi connectivity index (χ3n) is 3.78. The summed E-state index contributed by atoms with van der Waals surface area (Å²) in [7, 11) is -1.86. The number of hydrogen-bond donors (Lipinski definition) is 0. The number of methoxy groups -OCH3 is 1. The lowest BCUT2D eigenvalue weighted by Gasteiger charge is -2.21. The molecule has 2 aromatic rings. The maximum absolute atomic E-state index is 12.9. The Labute approximate surface area is 135 Å². The number of hydrogen-bond acceptors (Lipinski definition) is 4. The summed E-state index contributed by atoms with van der Waals surface area (Å²) in [6, 6.07) is 10.8. The Kier molecular flexibility index (Phi) is 4.52. The van der Waals surface area contributed by atoms with Crippen LogP contribution in [-0.4, -0.2) is 32.4 Å². The van der Waals surface area contributed by atoms with Crippen LogP contribution >= 0.6 is 11.3 Å². The molecule has 1 fully saturated rings. The van der Waals surface area contributed by atoms with Gasteiger partial charge in [0.05, 0.1) is 12.0 Å². The van der Waals surface area contributed by atoms with E-state index in [0.717, 1.165) is 19.3 Å². The number of ether oxygens (including phenoxy) is 1. The largest absolute Gasteiger partial charge is 0.497 e. The Morgan fingerprint density at radius 2 is 1.95 bits per heavy atom. The molecule has 1 aliphatic rings. The SMILES string of the molecule is COc1ccc(S(=O)(=O)N(CCc2cccs2)C2CC2)cc1. The highest BCUT2D eigenvalue weighted by atomic mass is 32.2. The van der Waals surface area contributed by atoms with Gasteiger partial charge < -0.3 is 4.74 Å². The van der Waals surface area contributed by atoms with E-state index in [1.54, 1.807) is 47.0 Å². The Bertz CT molecular complexity index is 704. The van der Waals surface area contributed by atoms with Crippen LogP contribution in [0.1, 0.15) is 17.7 Å². The minimum Gasteiger partial charge on any atom is -0.497 e. The summed E-state index contributed by atoms with van der Waals surface area (Å²) < 4.78 is 32.5. The molecule has 1 saturated carbocycles. The Morgan fingerprint density at radius 3 is 2.50 bits per heavy atom.